The Balaban J connectivity index is 1.21. The summed E-state index contributed by atoms with van der Waals surface area (Å²) in [4.78, 5) is 7.75. The molecule has 2 aliphatic heterocycles. The van der Waals surface area contributed by atoms with Gasteiger partial charge in [0.25, 0.3) is 0 Å². The van der Waals surface area contributed by atoms with Crippen molar-refractivity contribution in [3.63, 3.8) is 0 Å². The summed E-state index contributed by atoms with van der Waals surface area (Å²) in [5, 5.41) is 2.22. The second-order valence-electron chi connectivity index (χ2n) is 27.6. The van der Waals surface area contributed by atoms with Crippen molar-refractivity contribution in [2.45, 2.75) is 131 Å². The van der Waals surface area contributed by atoms with Crippen LogP contribution in [-0.2, 0) is 27.1 Å². The summed E-state index contributed by atoms with van der Waals surface area (Å²) >= 11 is 0. The van der Waals surface area contributed by atoms with E-state index in [1.807, 2.05) is 0 Å². The van der Waals surface area contributed by atoms with Crippen molar-refractivity contribution >= 4 is 85.2 Å². The van der Waals surface area contributed by atoms with E-state index in [0.29, 0.717) is 0 Å². The molecular weight excluding hydrogens is 958 g/mol. The lowest BCUT2D eigenvalue weighted by Gasteiger charge is -2.47. The number of fused-ring (bicyclic) bond motifs is 8. The Kier molecular flexibility index (Phi) is 12.1. The molecule has 0 N–H and O–H groups in total. The number of para-hydroxylation sites is 1. The number of furan rings is 1. The molecule has 0 atom stereocenters. The van der Waals surface area contributed by atoms with Gasteiger partial charge in [-0.1, -0.05) is 213 Å². The highest BCUT2D eigenvalue weighted by Gasteiger charge is 2.47. The third kappa shape index (κ3) is 9.04. The summed E-state index contributed by atoms with van der Waals surface area (Å²) in [5.41, 5.74) is 24.4. The predicted molar refractivity (Wildman–Crippen MR) is 341 cm³/mol. The standard InChI is InChI=1S/C74H76BN3O/c1-70(2,3)48-25-32-53(33-26-48)76(54-34-27-49(28-35-54)71(4,5)6)56-38-39-57-60-44-52(74(13,14)15)45-64-68(60)75(78(63(57)46-56)55-36-29-50(30-37-55)72(7,8)9)61-40-42-66-67(58-23-19-20-24-65(58)79-66)69(61)77(64)62-41-31-51(73(10,11)12)43-59(62)47-21-17-16-18-22-47/h16-46H,1-15H3. The zero-order chi connectivity index (χ0) is 55.7. The minimum atomic E-state index is -0.230. The fourth-order valence-corrected chi connectivity index (χ4v) is 12.2. The van der Waals surface area contributed by atoms with Gasteiger partial charge in [0.05, 0.1) is 16.8 Å². The summed E-state index contributed by atoms with van der Waals surface area (Å²) in [7, 11) is 0. The van der Waals surface area contributed by atoms with E-state index >= 15 is 0 Å². The first-order valence-electron chi connectivity index (χ1n) is 28.5. The maximum Gasteiger partial charge on any atom is 0.333 e. The monoisotopic (exact) mass is 1030 g/mol. The van der Waals surface area contributed by atoms with Crippen LogP contribution >= 0.6 is 0 Å². The molecule has 0 bridgehead atoms. The Morgan fingerprint density at radius 2 is 0.899 bits per heavy atom. The zero-order valence-corrected chi connectivity index (χ0v) is 49.2. The maximum absolute atomic E-state index is 6.90. The van der Waals surface area contributed by atoms with Gasteiger partial charge >= 0.3 is 6.85 Å². The third-order valence-corrected chi connectivity index (χ3v) is 16.8. The molecule has 9 aromatic carbocycles. The van der Waals surface area contributed by atoms with Crippen molar-refractivity contribution in [1.82, 2.24) is 0 Å². The number of rotatable bonds is 6. The molecular formula is C74H76BN3O. The lowest BCUT2D eigenvalue weighted by molar-refractivity contribution is 0.590. The molecule has 396 valence electrons. The average molecular weight is 1030 g/mol. The molecule has 0 amide bonds. The van der Waals surface area contributed by atoms with Crippen LogP contribution in [0.3, 0.4) is 0 Å². The van der Waals surface area contributed by atoms with Gasteiger partial charge in [-0.15, -0.1) is 0 Å². The van der Waals surface area contributed by atoms with Crippen molar-refractivity contribution < 1.29 is 4.42 Å². The lowest BCUT2D eigenvalue weighted by atomic mass is 9.43. The summed E-state index contributed by atoms with van der Waals surface area (Å²) in [5.74, 6) is 0. The molecule has 4 nitrogen and oxygen atoms in total. The van der Waals surface area contributed by atoms with E-state index in [0.717, 1.165) is 61.8 Å². The SMILES string of the molecule is CC(C)(C)c1ccc(N2B3c4ccc5oc6ccccc6c5c4N(c4ccc(C(C)(C)C)cc4-c4ccccc4)c4cc(C(C)(C)C)cc(c43)-c3ccc(N(c4ccc(C(C)(C)C)cc4)c4ccc(C(C)(C)C)cc4)cc32)cc1. The molecule has 0 fully saturated rings. The summed E-state index contributed by atoms with van der Waals surface area (Å²) in [6.45, 7) is 34.5. The van der Waals surface area contributed by atoms with Gasteiger partial charge in [-0.25, -0.2) is 0 Å². The predicted octanol–water partition coefficient (Wildman–Crippen LogP) is 19.9. The van der Waals surface area contributed by atoms with Crippen molar-refractivity contribution in [1.29, 1.82) is 0 Å². The highest BCUT2D eigenvalue weighted by Crippen LogP contribution is 2.54. The van der Waals surface area contributed by atoms with Gasteiger partial charge in [-0.2, -0.15) is 0 Å². The topological polar surface area (TPSA) is 22.9 Å². The summed E-state index contributed by atoms with van der Waals surface area (Å²) < 4.78 is 6.90. The number of benzene rings is 9. The highest BCUT2D eigenvalue weighted by molar-refractivity contribution is 6.94. The van der Waals surface area contributed by atoms with Gasteiger partial charge in [-0.05, 0) is 156 Å². The first kappa shape index (κ1) is 52.0. The fourth-order valence-electron chi connectivity index (χ4n) is 12.2. The largest absolute Gasteiger partial charge is 0.456 e. The highest BCUT2D eigenvalue weighted by atomic mass is 16.3. The van der Waals surface area contributed by atoms with Crippen LogP contribution in [0.4, 0.5) is 45.5 Å². The Morgan fingerprint density at radius 1 is 0.380 bits per heavy atom. The van der Waals surface area contributed by atoms with Crippen LogP contribution in [0.25, 0.3) is 44.2 Å². The van der Waals surface area contributed by atoms with Crippen molar-refractivity contribution in [2.75, 3.05) is 14.6 Å². The third-order valence-electron chi connectivity index (χ3n) is 16.8. The normalized spacial score (nSPS) is 13.7. The smallest absolute Gasteiger partial charge is 0.333 e. The Hall–Kier alpha value is -7.76. The zero-order valence-electron chi connectivity index (χ0n) is 49.2. The second-order valence-corrected chi connectivity index (χ2v) is 27.6. The first-order chi connectivity index (χ1) is 37.3. The van der Waals surface area contributed by atoms with Crippen LogP contribution in [-0.4, -0.2) is 6.85 Å². The molecule has 5 heteroatoms. The molecule has 10 aromatic rings. The molecule has 0 spiro atoms. The molecule has 0 radical (unpaired) electrons. The molecule has 0 unspecified atom stereocenters. The number of nitrogens with zero attached hydrogens (tertiary/aromatic N) is 3. The van der Waals surface area contributed by atoms with E-state index in [1.165, 1.54) is 66.7 Å². The van der Waals surface area contributed by atoms with Crippen molar-refractivity contribution in [3.05, 3.63) is 216 Å². The first-order valence-corrected chi connectivity index (χ1v) is 28.5. The number of hydrogen-bond donors (Lipinski definition) is 0. The van der Waals surface area contributed by atoms with Gasteiger partial charge < -0.3 is 19.0 Å². The van der Waals surface area contributed by atoms with E-state index in [-0.39, 0.29) is 33.9 Å². The Labute approximate surface area is 470 Å². The van der Waals surface area contributed by atoms with E-state index in [9.17, 15) is 0 Å². The maximum atomic E-state index is 6.90. The molecule has 79 heavy (non-hydrogen) atoms. The quantitative estimate of drug-likeness (QED) is 0.155. The molecule has 3 heterocycles. The molecule has 1 aromatic heterocycles. The van der Waals surface area contributed by atoms with E-state index in [2.05, 4.69) is 307 Å². The van der Waals surface area contributed by atoms with Crippen molar-refractivity contribution in [2.24, 2.45) is 0 Å². The number of anilines is 8. The molecule has 2 aliphatic rings. The van der Waals surface area contributed by atoms with E-state index in [4.69, 9.17) is 4.42 Å². The van der Waals surface area contributed by atoms with Crippen LogP contribution in [0, 0.1) is 0 Å². The molecule has 12 rings (SSSR count). The minimum Gasteiger partial charge on any atom is -0.456 e. The van der Waals surface area contributed by atoms with Crippen LogP contribution in [0.1, 0.15) is 132 Å². The average Bonchev–Trinajstić information content (AvgIpc) is 3.07. The van der Waals surface area contributed by atoms with Gasteiger partial charge in [0.1, 0.15) is 11.2 Å². The second kappa shape index (κ2) is 18.4. The van der Waals surface area contributed by atoms with Crippen molar-refractivity contribution in [3.8, 4) is 22.3 Å². The van der Waals surface area contributed by atoms with Crippen LogP contribution < -0.4 is 25.5 Å². The molecule has 0 saturated heterocycles. The summed E-state index contributed by atoms with van der Waals surface area (Å²) in [6.07, 6.45) is 0. The lowest BCUT2D eigenvalue weighted by Crippen LogP contribution is -2.61. The summed E-state index contributed by atoms with van der Waals surface area (Å²) in [6, 6.07) is 71.6. The number of hydrogen-bond acceptors (Lipinski definition) is 4. The Bertz CT molecular complexity index is 3910. The van der Waals surface area contributed by atoms with Crippen LogP contribution in [0.2, 0.25) is 0 Å². The van der Waals surface area contributed by atoms with Gasteiger partial charge in [0, 0.05) is 50.6 Å². The minimum absolute atomic E-state index is 0.0178. The van der Waals surface area contributed by atoms with E-state index in [1.54, 1.807) is 0 Å². The fraction of sp³-hybridized carbons (Fsp3) is 0.270. The van der Waals surface area contributed by atoms with E-state index < -0.39 is 0 Å². The van der Waals surface area contributed by atoms with Crippen LogP contribution in [0.15, 0.2) is 192 Å². The van der Waals surface area contributed by atoms with Gasteiger partial charge in [0.15, 0.2) is 0 Å². The molecule has 0 aliphatic carbocycles. The van der Waals surface area contributed by atoms with Crippen LogP contribution in [0.5, 0.6) is 0 Å². The molecule has 0 saturated carbocycles. The van der Waals surface area contributed by atoms with Gasteiger partial charge in [0.2, 0.25) is 0 Å². The Morgan fingerprint density at radius 3 is 1.48 bits per heavy atom. The van der Waals surface area contributed by atoms with Gasteiger partial charge in [-0.3, -0.25) is 0 Å².